The molecule has 0 saturated carbocycles. The molecule has 0 aliphatic rings. The number of phenols is 1. The van der Waals surface area contributed by atoms with E-state index in [2.05, 4.69) is 10.2 Å². The number of hydrogen-bond donors (Lipinski definition) is 3. The molecule has 1 rings (SSSR count). The van der Waals surface area contributed by atoms with E-state index in [1.807, 2.05) is 0 Å². The van der Waals surface area contributed by atoms with Gasteiger partial charge in [-0.05, 0) is 24.6 Å². The smallest absolute Gasteiger partial charge is 0.293 e. The van der Waals surface area contributed by atoms with Gasteiger partial charge in [0.2, 0.25) is 1.43 Å². The lowest BCUT2D eigenvalue weighted by Gasteiger charge is -2.09. The highest BCUT2D eigenvalue weighted by atomic mass is 16.3. The number of hydrogen-bond acceptors (Lipinski definition) is 3. The SMILES string of the molecule is [2H]Oc1c([2H])c([2H])c([2H])c(C([2H])(CN([2H])C([2H])([2H])[2H])O[2H])c1[2H]. The predicted octanol–water partition coefficient (Wildman–Crippen LogP) is 0.645. The Morgan fingerprint density at radius 3 is 3.75 bits per heavy atom. The van der Waals surface area contributed by atoms with Gasteiger partial charge in [0.1, 0.15) is 7.16 Å². The van der Waals surface area contributed by atoms with Crippen LogP contribution in [-0.4, -0.2) is 26.6 Å². The molecule has 0 amide bonds. The van der Waals surface area contributed by atoms with Crippen molar-refractivity contribution >= 4 is 0 Å². The average Bonchev–Trinajstić information content (AvgIpc) is 2.44. The lowest BCUT2D eigenvalue weighted by atomic mass is 10.1. The molecule has 0 spiro atoms. The Kier molecular flexibility index (Phi) is 0.765. The second-order valence-electron chi connectivity index (χ2n) is 1.94. The molecular weight excluding hydrogens is 154 g/mol. The van der Waals surface area contributed by atoms with Crippen molar-refractivity contribution in [2.45, 2.75) is 6.08 Å². The molecule has 1 atom stereocenters. The van der Waals surface area contributed by atoms with E-state index in [4.69, 9.17) is 15.2 Å². The third-order valence-electron chi connectivity index (χ3n) is 1.10. The summed E-state index contributed by atoms with van der Waals surface area (Å²) >= 11 is 0. The Bertz CT molecular complexity index is 592. The number of aliphatic hydroxyl groups is 1. The second-order valence-corrected chi connectivity index (χ2v) is 1.94. The molecule has 12 heavy (non-hydrogen) atoms. The van der Waals surface area contributed by atoms with Gasteiger partial charge in [-0.1, -0.05) is 12.1 Å². The summed E-state index contributed by atoms with van der Waals surface area (Å²) in [5, 5.41) is 8.18. The molecule has 0 aliphatic heterocycles. The zero-order valence-corrected chi connectivity index (χ0v) is 5.97. The molecule has 0 heterocycles. The van der Waals surface area contributed by atoms with E-state index >= 15 is 0 Å². The molecule has 0 aliphatic carbocycles. The zero-order chi connectivity index (χ0) is 18.2. The molecule has 0 radical (unpaired) electrons. The largest absolute Gasteiger partial charge is 0.508 e. The number of benzene rings is 1. The fourth-order valence-electron chi connectivity index (χ4n) is 0.617. The first-order valence-corrected chi connectivity index (χ1v) is 3.05. The van der Waals surface area contributed by atoms with Crippen molar-refractivity contribution in [2.24, 2.45) is 0 Å². The minimum Gasteiger partial charge on any atom is -0.508 e. The molecule has 3 heteroatoms. The van der Waals surface area contributed by atoms with Gasteiger partial charge in [-0.2, -0.15) is 0 Å². The topological polar surface area (TPSA) is 52.5 Å². The van der Waals surface area contributed by atoms with Crippen LogP contribution in [0.4, 0.5) is 0 Å². The first-order chi connectivity index (χ1) is 10.4. The minimum atomic E-state index is -2.94. The van der Waals surface area contributed by atoms with Gasteiger partial charge in [-0.25, -0.2) is 0 Å². The lowest BCUT2D eigenvalue weighted by Crippen LogP contribution is -2.16. The molecule has 0 bridgehead atoms. The Balaban J connectivity index is 3.55. The van der Waals surface area contributed by atoms with Gasteiger partial charge in [0.05, 0.1) is 12.9 Å². The molecule has 3 nitrogen and oxygen atoms in total. The molecule has 0 fully saturated rings. The van der Waals surface area contributed by atoms with Crippen molar-refractivity contribution < 1.29 is 22.6 Å². The molecule has 66 valence electrons. The summed E-state index contributed by atoms with van der Waals surface area (Å²) in [5.41, 5.74) is -0.739. The van der Waals surface area contributed by atoms with Gasteiger partial charge in [0.15, 0.2) is 0 Å². The highest BCUT2D eigenvalue weighted by molar-refractivity contribution is 5.28. The monoisotopic (exact) mass is 178 g/mol. The summed E-state index contributed by atoms with van der Waals surface area (Å²) in [6.07, 6.45) is -2.68. The highest BCUT2D eigenvalue weighted by Crippen LogP contribution is 2.17. The van der Waals surface area contributed by atoms with Crippen LogP contribution in [0.5, 0.6) is 5.75 Å². The van der Waals surface area contributed by atoms with E-state index in [1.165, 1.54) is 0 Å². The number of aromatic hydroxyl groups is 1. The molecule has 1 aromatic rings. The summed E-state index contributed by atoms with van der Waals surface area (Å²) in [5.74, 6) is -0.736. The minimum absolute atomic E-state index is 0.0348. The summed E-state index contributed by atoms with van der Waals surface area (Å²) in [4.78, 5) is 0. The molecule has 0 aromatic heterocycles. The van der Waals surface area contributed by atoms with Crippen LogP contribution >= 0.6 is 0 Å². The predicted molar refractivity (Wildman–Crippen MR) is 47.0 cm³/mol. The van der Waals surface area contributed by atoms with E-state index in [9.17, 15) is 0 Å². The van der Waals surface area contributed by atoms with Crippen LogP contribution in [-0.2, 0) is 0 Å². The van der Waals surface area contributed by atoms with Crippen molar-refractivity contribution in [3.05, 3.63) is 29.7 Å². The second kappa shape index (κ2) is 4.09. The fourth-order valence-corrected chi connectivity index (χ4v) is 0.617. The van der Waals surface area contributed by atoms with Crippen LogP contribution in [0.2, 0.25) is 1.41 Å². The Morgan fingerprint density at radius 2 is 3.00 bits per heavy atom. The third-order valence-corrected chi connectivity index (χ3v) is 1.10. The van der Waals surface area contributed by atoms with E-state index in [0.29, 0.717) is 0 Å². The number of nitrogens with one attached hydrogen (secondary N) is 1. The Hall–Kier alpha value is -1.06. The standard InChI is InChI=1S/C9H13NO2/c1-10-6-9(12)7-3-2-4-8(11)5-7/h2-5,9-12H,6H2,1H3/i1D3,2D,3D,4D,5D,9D,12D/hD2. The van der Waals surface area contributed by atoms with Crippen LogP contribution in [0.25, 0.3) is 0 Å². The number of phenolic OH excluding ortho intramolecular Hbond substituents is 1. The Morgan fingerprint density at radius 1 is 2.00 bits per heavy atom. The summed E-state index contributed by atoms with van der Waals surface area (Å²) < 4.78 is 81.1. The highest BCUT2D eigenvalue weighted by Gasteiger charge is 2.05. The molecular formula is C9H13NO2. The summed E-state index contributed by atoms with van der Waals surface area (Å²) in [6.45, 7) is -3.98. The molecule has 3 N–H and O–H groups in total. The Labute approximate surface area is 87.4 Å². The van der Waals surface area contributed by atoms with Crippen LogP contribution in [0.3, 0.4) is 0 Å². The van der Waals surface area contributed by atoms with E-state index in [-0.39, 0.29) is 5.31 Å². The maximum absolute atomic E-state index is 8.02. The van der Waals surface area contributed by atoms with Crippen molar-refractivity contribution in [3.8, 4) is 5.75 Å². The van der Waals surface area contributed by atoms with E-state index in [1.54, 1.807) is 0 Å². The first kappa shape index (κ1) is 2.25. The van der Waals surface area contributed by atoms with Crippen molar-refractivity contribution in [2.75, 3.05) is 13.5 Å². The van der Waals surface area contributed by atoms with E-state index in [0.717, 1.165) is 0 Å². The maximum atomic E-state index is 8.02. The fraction of sp³-hybridized carbons (Fsp3) is 0.333. The third kappa shape index (κ3) is 2.22. The van der Waals surface area contributed by atoms with Crippen LogP contribution < -0.4 is 5.31 Å². The quantitative estimate of drug-likeness (QED) is 0.620. The van der Waals surface area contributed by atoms with Gasteiger partial charge in [0, 0.05) is 10.7 Å². The van der Waals surface area contributed by atoms with Crippen LogP contribution in [0, 0.1) is 0 Å². The normalized spacial score (nSPS) is 29.6. The maximum Gasteiger partial charge on any atom is 0.293 e. The van der Waals surface area contributed by atoms with Crippen molar-refractivity contribution in [1.82, 2.24) is 5.31 Å². The van der Waals surface area contributed by atoms with Crippen molar-refractivity contribution in [3.63, 3.8) is 0 Å². The van der Waals surface area contributed by atoms with Gasteiger partial charge in [0.25, 0.3) is 1.43 Å². The van der Waals surface area contributed by atoms with Crippen molar-refractivity contribution in [1.29, 1.82) is 2.86 Å². The summed E-state index contributed by atoms with van der Waals surface area (Å²) in [6, 6.07) is -3.16. The average molecular weight is 178 g/mol. The van der Waals surface area contributed by atoms with Gasteiger partial charge < -0.3 is 15.5 Å². The molecule has 0 saturated heterocycles. The molecule has 1 aromatic carbocycles. The van der Waals surface area contributed by atoms with E-state index < -0.39 is 55.1 Å². The van der Waals surface area contributed by atoms with Gasteiger partial charge >= 0.3 is 0 Å². The van der Waals surface area contributed by atoms with Gasteiger partial charge in [-0.15, -0.1) is 0 Å². The zero-order valence-electron chi connectivity index (χ0n) is 17.0. The first-order valence-electron chi connectivity index (χ1n) is 8.32. The summed E-state index contributed by atoms with van der Waals surface area (Å²) in [7, 11) is 0. The number of likely N-dealkylation sites (N-methyl/N-ethyl adjacent to an activating group) is 1. The lowest BCUT2D eigenvalue weighted by molar-refractivity contribution is 0.177. The van der Waals surface area contributed by atoms with Crippen LogP contribution in [0.1, 0.15) is 22.6 Å². The number of rotatable bonds is 5. The van der Waals surface area contributed by atoms with Gasteiger partial charge in [-0.3, -0.25) is 0 Å². The van der Waals surface area contributed by atoms with Crippen LogP contribution in [0.15, 0.2) is 24.2 Å². The molecule has 1 unspecified atom stereocenters.